The van der Waals surface area contributed by atoms with Gasteiger partial charge in [-0.3, -0.25) is 24.0 Å². The smallest absolute Gasteiger partial charge is 0.228 e. The Hall–Kier alpha value is -2.74. The molecule has 0 saturated carbocycles. The molecule has 10 heteroatoms. The van der Waals surface area contributed by atoms with Crippen molar-refractivity contribution in [1.82, 2.24) is 10.6 Å². The van der Waals surface area contributed by atoms with Crippen molar-refractivity contribution in [3.05, 3.63) is 68.7 Å². The van der Waals surface area contributed by atoms with Gasteiger partial charge in [-0.15, -0.1) is 0 Å². The lowest BCUT2D eigenvalue weighted by atomic mass is 10.00. The molecule has 3 rings (SSSR count). The van der Waals surface area contributed by atoms with E-state index >= 15 is 0 Å². The number of benzene rings is 2. The summed E-state index contributed by atoms with van der Waals surface area (Å²) in [5.41, 5.74) is 1.30. The molecule has 7 nitrogen and oxygen atoms in total. The van der Waals surface area contributed by atoms with Crippen LogP contribution in [0, 0.1) is 17.8 Å². The van der Waals surface area contributed by atoms with Gasteiger partial charge in [0.15, 0.2) is 5.78 Å². The first-order valence-corrected chi connectivity index (χ1v) is 14.2. The molecule has 0 spiro atoms. The highest BCUT2D eigenvalue weighted by Gasteiger charge is 2.28. The second-order valence-corrected chi connectivity index (χ2v) is 11.4. The van der Waals surface area contributed by atoms with Gasteiger partial charge in [0, 0.05) is 41.3 Å². The fraction of sp³-hybridized carbons (Fsp3) is 0.433. The molecule has 218 valence electrons. The molecule has 2 N–H and O–H groups in total. The molecule has 1 saturated heterocycles. The Morgan fingerprint density at radius 1 is 0.875 bits per heavy atom. The third-order valence-corrected chi connectivity index (χ3v) is 6.69. The summed E-state index contributed by atoms with van der Waals surface area (Å²) < 4.78 is 0. The Kier molecular flexibility index (Phi) is 15.1. The lowest BCUT2D eigenvalue weighted by Crippen LogP contribution is -2.35. The van der Waals surface area contributed by atoms with Gasteiger partial charge in [-0.25, -0.2) is 0 Å². The third-order valence-electron chi connectivity index (χ3n) is 5.72. The molecule has 0 aromatic heterocycles. The topological polar surface area (TPSA) is 109 Å². The van der Waals surface area contributed by atoms with Crippen molar-refractivity contribution in [2.75, 3.05) is 0 Å². The van der Waals surface area contributed by atoms with E-state index < -0.39 is 5.78 Å². The van der Waals surface area contributed by atoms with E-state index in [4.69, 9.17) is 34.8 Å². The number of ketones is 3. The van der Waals surface area contributed by atoms with Gasteiger partial charge in [0.25, 0.3) is 0 Å². The molecular weight excluding hydrogens is 575 g/mol. The van der Waals surface area contributed by atoms with Crippen molar-refractivity contribution in [3.63, 3.8) is 0 Å². The number of rotatable bonds is 8. The number of carbonyl (C=O) groups excluding carboxylic acids is 5. The fourth-order valence-electron chi connectivity index (χ4n) is 3.31. The summed E-state index contributed by atoms with van der Waals surface area (Å²) in [5, 5.41) is 6.95. The minimum absolute atomic E-state index is 0.00370. The van der Waals surface area contributed by atoms with Crippen LogP contribution in [0.25, 0.3) is 0 Å². The summed E-state index contributed by atoms with van der Waals surface area (Å²) in [6.07, 6.45) is 1.18. The number of amides is 2. The molecule has 1 fully saturated rings. The zero-order valence-electron chi connectivity index (χ0n) is 23.6. The number of hydrogen-bond donors (Lipinski definition) is 2. The van der Waals surface area contributed by atoms with E-state index in [1.807, 2.05) is 33.8 Å². The minimum atomic E-state index is -0.470. The SMILES string of the molecule is CC(C)C(=O)C(=O)c1cccc(Cl)c1.CC(C)C(=O)NCc1ccc(Cl)c(Cl)c1.CC(C)C(=O)[C@@H]1CCC(=O)N1. The molecule has 0 bridgehead atoms. The second-order valence-electron chi connectivity index (χ2n) is 10.2. The molecule has 0 radical (unpaired) electrons. The van der Waals surface area contributed by atoms with E-state index in [-0.39, 0.29) is 47.2 Å². The van der Waals surface area contributed by atoms with Gasteiger partial charge >= 0.3 is 0 Å². The summed E-state index contributed by atoms with van der Waals surface area (Å²) in [7, 11) is 0. The van der Waals surface area contributed by atoms with Crippen molar-refractivity contribution in [2.45, 2.75) is 67.0 Å². The minimum Gasteiger partial charge on any atom is -0.352 e. The lowest BCUT2D eigenvalue weighted by molar-refractivity contribution is -0.126. The number of nitrogens with one attached hydrogen (secondary N) is 2. The molecule has 1 aliphatic heterocycles. The Balaban J connectivity index is 0.000000304. The van der Waals surface area contributed by atoms with E-state index in [0.717, 1.165) is 5.56 Å². The van der Waals surface area contributed by atoms with Crippen LogP contribution in [0.5, 0.6) is 0 Å². The van der Waals surface area contributed by atoms with Gasteiger partial charge in [0.05, 0.1) is 16.1 Å². The van der Waals surface area contributed by atoms with Crippen molar-refractivity contribution < 1.29 is 24.0 Å². The maximum atomic E-state index is 11.5. The predicted molar refractivity (Wildman–Crippen MR) is 160 cm³/mol. The molecule has 1 aliphatic rings. The second kappa shape index (κ2) is 17.2. The van der Waals surface area contributed by atoms with Crippen molar-refractivity contribution >= 4 is 64.0 Å². The Morgan fingerprint density at radius 2 is 1.52 bits per heavy atom. The van der Waals surface area contributed by atoms with Gasteiger partial charge in [0.1, 0.15) is 0 Å². The molecule has 2 aromatic carbocycles. The molecular formula is C30H37Cl3N2O5. The Bertz CT molecular complexity index is 1210. The largest absolute Gasteiger partial charge is 0.352 e. The quantitative estimate of drug-likeness (QED) is 0.261. The highest BCUT2D eigenvalue weighted by atomic mass is 35.5. The number of hydrogen-bond acceptors (Lipinski definition) is 5. The van der Waals surface area contributed by atoms with Gasteiger partial charge in [0.2, 0.25) is 23.4 Å². The van der Waals surface area contributed by atoms with Gasteiger partial charge in [-0.2, -0.15) is 0 Å². The zero-order chi connectivity index (χ0) is 30.6. The first-order valence-electron chi connectivity index (χ1n) is 13.0. The first-order chi connectivity index (χ1) is 18.6. The van der Waals surface area contributed by atoms with E-state index in [2.05, 4.69) is 10.6 Å². The fourth-order valence-corrected chi connectivity index (χ4v) is 3.82. The zero-order valence-corrected chi connectivity index (χ0v) is 25.9. The number of halogens is 3. The van der Waals surface area contributed by atoms with E-state index in [0.29, 0.717) is 40.0 Å². The van der Waals surface area contributed by atoms with E-state index in [9.17, 15) is 24.0 Å². The van der Waals surface area contributed by atoms with Crippen LogP contribution >= 0.6 is 34.8 Å². The standard InChI is InChI=1S/C11H13Cl2NO.C11H11ClO2.C8H13NO2/c1-7(2)11(15)14-6-8-3-4-9(12)10(13)5-8;1-7(2)10(13)11(14)8-4-3-5-9(12)6-8;1-5(2)8(11)6-3-4-7(10)9-6/h3-5,7H,6H2,1-2H3,(H,14,15);3-7H,1-2H3;5-6H,3-4H2,1-2H3,(H,9,10)/t;;6-/m..0/s1. The molecule has 0 aliphatic carbocycles. The van der Waals surface area contributed by atoms with Gasteiger partial charge < -0.3 is 10.6 Å². The van der Waals surface area contributed by atoms with Crippen molar-refractivity contribution in [1.29, 1.82) is 0 Å². The molecule has 40 heavy (non-hydrogen) atoms. The lowest BCUT2D eigenvalue weighted by Gasteiger charge is -2.10. The Labute approximate surface area is 251 Å². The number of Topliss-reactive ketones (excluding diaryl/α,β-unsaturated/α-hetero) is 3. The molecule has 1 atom stereocenters. The molecule has 1 heterocycles. The average molecular weight is 612 g/mol. The van der Waals surface area contributed by atoms with E-state index in [1.165, 1.54) is 6.07 Å². The van der Waals surface area contributed by atoms with E-state index in [1.54, 1.807) is 44.2 Å². The highest BCUT2D eigenvalue weighted by Crippen LogP contribution is 2.22. The maximum Gasteiger partial charge on any atom is 0.228 e. The molecule has 2 aromatic rings. The normalized spacial score (nSPS) is 14.1. The summed E-state index contributed by atoms with van der Waals surface area (Å²) >= 11 is 17.3. The highest BCUT2D eigenvalue weighted by molar-refractivity contribution is 6.44. The van der Waals surface area contributed by atoms with Crippen LogP contribution in [-0.4, -0.2) is 35.2 Å². The van der Waals surface area contributed by atoms with Crippen LogP contribution in [-0.2, 0) is 25.7 Å². The first kappa shape index (κ1) is 35.3. The van der Waals surface area contributed by atoms with Crippen LogP contribution in [0.4, 0.5) is 0 Å². The number of carbonyl (C=O) groups is 5. The predicted octanol–water partition coefficient (Wildman–Crippen LogP) is 6.50. The van der Waals surface area contributed by atoms with Crippen LogP contribution in [0.3, 0.4) is 0 Å². The van der Waals surface area contributed by atoms with Crippen LogP contribution < -0.4 is 10.6 Å². The molecule has 0 unspecified atom stereocenters. The summed E-state index contributed by atoms with van der Waals surface area (Å²) in [4.78, 5) is 56.2. The van der Waals surface area contributed by atoms with Crippen molar-refractivity contribution in [3.8, 4) is 0 Å². The maximum absolute atomic E-state index is 11.5. The van der Waals surface area contributed by atoms with Gasteiger partial charge in [-0.05, 0) is 36.2 Å². The summed E-state index contributed by atoms with van der Waals surface area (Å²) in [6, 6.07) is 11.5. The summed E-state index contributed by atoms with van der Waals surface area (Å²) in [5.74, 6) is -0.927. The van der Waals surface area contributed by atoms with Crippen LogP contribution in [0.15, 0.2) is 42.5 Å². The van der Waals surface area contributed by atoms with Crippen molar-refractivity contribution in [2.24, 2.45) is 17.8 Å². The summed E-state index contributed by atoms with van der Waals surface area (Å²) in [6.45, 7) is 11.3. The third kappa shape index (κ3) is 12.2. The Morgan fingerprint density at radius 3 is 2.00 bits per heavy atom. The van der Waals surface area contributed by atoms with Crippen LogP contribution in [0.1, 0.15) is 70.3 Å². The molecule has 2 amide bonds. The average Bonchev–Trinajstić information content (AvgIpc) is 3.34. The van der Waals surface area contributed by atoms with Gasteiger partial charge in [-0.1, -0.05) is 94.5 Å². The van der Waals surface area contributed by atoms with Crippen LogP contribution in [0.2, 0.25) is 15.1 Å². The monoisotopic (exact) mass is 610 g/mol.